The van der Waals surface area contributed by atoms with Gasteiger partial charge in [-0.3, -0.25) is 4.55 Å². The van der Waals surface area contributed by atoms with E-state index < -0.39 is 20.0 Å². The molecule has 0 aliphatic carbocycles. The predicted octanol–water partition coefficient (Wildman–Crippen LogP) is 5.47. The maximum Gasteiger partial charge on any atom is 0.298 e. The van der Waals surface area contributed by atoms with Gasteiger partial charge in [0.25, 0.3) is 10.1 Å². The molecule has 4 rings (SSSR count). The minimum atomic E-state index is -4.59. The van der Waals surface area contributed by atoms with Crippen LogP contribution in [-0.4, -0.2) is 28.5 Å². The van der Waals surface area contributed by atoms with E-state index in [4.69, 9.17) is 9.47 Å². The van der Waals surface area contributed by atoms with E-state index in [2.05, 4.69) is 0 Å². The van der Waals surface area contributed by atoms with Gasteiger partial charge in [0.05, 0.1) is 16.9 Å². The normalized spacial score (nSPS) is 11.8. The Morgan fingerprint density at radius 1 is 0.694 bits per heavy atom. The van der Waals surface area contributed by atoms with Crippen LogP contribution >= 0.6 is 0 Å². The van der Waals surface area contributed by atoms with Crippen LogP contribution in [0.1, 0.15) is 16.7 Å². The first-order valence-electron chi connectivity index (χ1n) is 10.9. The molecule has 9 heteroatoms. The Balaban J connectivity index is 1.58. The molecule has 0 amide bonds. The van der Waals surface area contributed by atoms with Crippen LogP contribution in [0.2, 0.25) is 0 Å². The first-order valence-corrected chi connectivity index (χ1v) is 13.8. The molecular formula is C27H24O7S2. The molecule has 0 bridgehead atoms. The van der Waals surface area contributed by atoms with Crippen molar-refractivity contribution in [3.8, 4) is 17.2 Å². The van der Waals surface area contributed by atoms with Crippen molar-refractivity contribution in [2.45, 2.75) is 28.0 Å². The topological polar surface area (TPSA) is 107 Å². The third kappa shape index (κ3) is 5.76. The van der Waals surface area contributed by atoms with Crippen molar-refractivity contribution in [3.05, 3.63) is 108 Å². The van der Waals surface area contributed by atoms with Crippen molar-refractivity contribution < 1.29 is 30.9 Å². The molecule has 0 fully saturated rings. The molecule has 4 aromatic rings. The lowest BCUT2D eigenvalue weighted by Gasteiger charge is -2.12. The Hall–Kier alpha value is -3.66. The highest BCUT2D eigenvalue weighted by molar-refractivity contribution is 7.91. The molecule has 0 unspecified atom stereocenters. The minimum absolute atomic E-state index is 0.0727. The van der Waals surface area contributed by atoms with Gasteiger partial charge >= 0.3 is 0 Å². The molecule has 0 saturated carbocycles. The summed E-state index contributed by atoms with van der Waals surface area (Å²) in [6.07, 6.45) is 0.429. The van der Waals surface area contributed by atoms with Crippen molar-refractivity contribution in [2.24, 2.45) is 0 Å². The summed E-state index contributed by atoms with van der Waals surface area (Å²) in [4.78, 5) is -0.142. The van der Waals surface area contributed by atoms with Crippen molar-refractivity contribution in [3.63, 3.8) is 0 Å². The third-order valence-corrected chi connectivity index (χ3v) is 8.21. The van der Waals surface area contributed by atoms with Gasteiger partial charge in [-0.25, -0.2) is 8.42 Å². The van der Waals surface area contributed by atoms with E-state index >= 15 is 0 Å². The maximum atomic E-state index is 12.9. The summed E-state index contributed by atoms with van der Waals surface area (Å²) in [6, 6.07) is 24.0. The van der Waals surface area contributed by atoms with Crippen LogP contribution < -0.4 is 9.47 Å². The van der Waals surface area contributed by atoms with Crippen molar-refractivity contribution in [2.75, 3.05) is 7.11 Å². The lowest BCUT2D eigenvalue weighted by atomic mass is 10.0. The summed E-state index contributed by atoms with van der Waals surface area (Å²) < 4.78 is 70.5. The zero-order chi connectivity index (χ0) is 25.9. The van der Waals surface area contributed by atoms with Crippen LogP contribution in [0.4, 0.5) is 0 Å². The van der Waals surface area contributed by atoms with Gasteiger partial charge in [0, 0.05) is 0 Å². The smallest absolute Gasteiger partial charge is 0.298 e. The fourth-order valence-electron chi connectivity index (χ4n) is 3.59. The second-order valence-electron chi connectivity index (χ2n) is 8.17. The Labute approximate surface area is 210 Å². The lowest BCUT2D eigenvalue weighted by Crippen LogP contribution is -2.03. The van der Waals surface area contributed by atoms with Crippen LogP contribution in [0.3, 0.4) is 0 Å². The molecular weight excluding hydrogens is 500 g/mol. The number of sulfone groups is 1. The fourth-order valence-corrected chi connectivity index (χ4v) is 5.52. The summed E-state index contributed by atoms with van der Waals surface area (Å²) in [5.41, 5.74) is 2.53. The van der Waals surface area contributed by atoms with Crippen LogP contribution in [0.15, 0.2) is 106 Å². The largest absolute Gasteiger partial charge is 0.497 e. The average Bonchev–Trinajstić information content (AvgIpc) is 2.85. The zero-order valence-corrected chi connectivity index (χ0v) is 21.2. The number of rotatable bonds is 8. The second kappa shape index (κ2) is 10.1. The van der Waals surface area contributed by atoms with E-state index in [1.165, 1.54) is 36.4 Å². The zero-order valence-electron chi connectivity index (χ0n) is 19.6. The van der Waals surface area contributed by atoms with Gasteiger partial charge in [-0.15, -0.1) is 0 Å². The molecule has 0 spiro atoms. The van der Waals surface area contributed by atoms with Gasteiger partial charge in [0.1, 0.15) is 22.1 Å². The first-order chi connectivity index (χ1) is 17.1. The highest BCUT2D eigenvalue weighted by Gasteiger charge is 2.20. The molecule has 0 saturated heterocycles. The van der Waals surface area contributed by atoms with Gasteiger partial charge in [0.2, 0.25) is 9.84 Å². The fraction of sp³-hybridized carbons (Fsp3) is 0.111. The molecule has 36 heavy (non-hydrogen) atoms. The predicted molar refractivity (Wildman–Crippen MR) is 135 cm³/mol. The first kappa shape index (κ1) is 25.4. The van der Waals surface area contributed by atoms with Crippen LogP contribution in [0.5, 0.6) is 17.2 Å². The third-order valence-electron chi connectivity index (χ3n) is 5.55. The number of ether oxygens (including phenoxy) is 2. The Morgan fingerprint density at radius 2 is 1.22 bits per heavy atom. The maximum absolute atomic E-state index is 12.9. The number of benzene rings is 4. The van der Waals surface area contributed by atoms with E-state index in [0.29, 0.717) is 17.7 Å². The Kier molecular flexibility index (Phi) is 7.16. The molecule has 0 aliphatic heterocycles. The minimum Gasteiger partial charge on any atom is -0.497 e. The summed E-state index contributed by atoms with van der Waals surface area (Å²) >= 11 is 0. The molecule has 186 valence electrons. The lowest BCUT2D eigenvalue weighted by molar-refractivity contribution is 0.414. The van der Waals surface area contributed by atoms with E-state index in [-0.39, 0.29) is 26.2 Å². The number of aryl methyl sites for hydroxylation is 1. The van der Waals surface area contributed by atoms with Crippen molar-refractivity contribution in [1.29, 1.82) is 0 Å². The molecule has 0 radical (unpaired) electrons. The molecule has 0 aliphatic rings. The highest BCUT2D eigenvalue weighted by atomic mass is 32.2. The number of methoxy groups -OCH3 is 1. The second-order valence-corrected chi connectivity index (χ2v) is 11.5. The summed E-state index contributed by atoms with van der Waals surface area (Å²) in [6.45, 7) is 1.87. The van der Waals surface area contributed by atoms with Gasteiger partial charge in [-0.05, 0) is 85.1 Å². The monoisotopic (exact) mass is 524 g/mol. The number of hydrogen-bond donors (Lipinski definition) is 1. The standard InChI is InChI=1S/C27H24O7S2/c1-19-3-12-24(13-4-19)35(28,29)25-14-10-23(11-15-25)34-26-16-7-21(18-27(26)36(30,31)32)17-20-5-8-22(33-2)9-6-20/h3-16,18H,17H2,1-2H3,(H,30,31,32). The van der Waals surface area contributed by atoms with Gasteiger partial charge < -0.3 is 9.47 Å². The summed E-state index contributed by atoms with van der Waals surface area (Å²) in [5, 5.41) is 0. The summed E-state index contributed by atoms with van der Waals surface area (Å²) in [5.74, 6) is 0.842. The van der Waals surface area contributed by atoms with Gasteiger partial charge in [0.15, 0.2) is 0 Å². The van der Waals surface area contributed by atoms with Crippen LogP contribution in [0, 0.1) is 6.92 Å². The van der Waals surface area contributed by atoms with E-state index in [1.54, 1.807) is 49.6 Å². The van der Waals surface area contributed by atoms with Crippen LogP contribution in [0.25, 0.3) is 0 Å². The molecule has 0 aromatic heterocycles. The Morgan fingerprint density at radius 3 is 1.78 bits per heavy atom. The summed E-state index contributed by atoms with van der Waals surface area (Å²) in [7, 11) is -6.73. The van der Waals surface area contributed by atoms with Crippen molar-refractivity contribution in [1.82, 2.24) is 0 Å². The molecule has 7 nitrogen and oxygen atoms in total. The Bertz CT molecular complexity index is 1570. The van der Waals surface area contributed by atoms with E-state index in [1.807, 2.05) is 19.1 Å². The van der Waals surface area contributed by atoms with Crippen LogP contribution in [-0.2, 0) is 26.4 Å². The van der Waals surface area contributed by atoms with E-state index in [9.17, 15) is 21.4 Å². The van der Waals surface area contributed by atoms with Crippen molar-refractivity contribution >= 4 is 20.0 Å². The molecule has 0 heterocycles. The van der Waals surface area contributed by atoms with Gasteiger partial charge in [-0.2, -0.15) is 8.42 Å². The highest BCUT2D eigenvalue weighted by Crippen LogP contribution is 2.32. The molecule has 1 N–H and O–H groups in total. The molecule has 0 atom stereocenters. The van der Waals surface area contributed by atoms with E-state index in [0.717, 1.165) is 11.1 Å². The van der Waals surface area contributed by atoms with Gasteiger partial charge in [-0.1, -0.05) is 35.9 Å². The molecule has 4 aromatic carbocycles. The number of hydrogen-bond acceptors (Lipinski definition) is 6. The quantitative estimate of drug-likeness (QED) is 0.305. The SMILES string of the molecule is COc1ccc(Cc2ccc(Oc3ccc(S(=O)(=O)c4ccc(C)cc4)cc3)c(S(=O)(=O)O)c2)cc1. The average molecular weight is 525 g/mol.